The lowest BCUT2D eigenvalue weighted by Gasteiger charge is -2.28. The van der Waals surface area contributed by atoms with Crippen LogP contribution in [0.15, 0.2) is 12.1 Å². The molecule has 5 heteroatoms. The van der Waals surface area contributed by atoms with Gasteiger partial charge < -0.3 is 4.52 Å². The molecule has 0 fully saturated rings. The van der Waals surface area contributed by atoms with Gasteiger partial charge in [0, 0.05) is 0 Å². The van der Waals surface area contributed by atoms with E-state index < -0.39 is 7.82 Å². The zero-order valence-corrected chi connectivity index (χ0v) is 14.5. The molecule has 0 unspecified atom stereocenters. The highest BCUT2D eigenvalue weighted by atomic mass is 31.2. The van der Waals surface area contributed by atoms with Crippen LogP contribution in [0.25, 0.3) is 0 Å². The molecule has 21 heavy (non-hydrogen) atoms. The summed E-state index contributed by atoms with van der Waals surface area (Å²) in [4.78, 5) is 17.9. The molecule has 0 atom stereocenters. The second kappa shape index (κ2) is 6.95. The molecule has 0 saturated carbocycles. The van der Waals surface area contributed by atoms with Crippen molar-refractivity contribution in [3.8, 4) is 5.75 Å². The van der Waals surface area contributed by atoms with Gasteiger partial charge in [0.2, 0.25) is 0 Å². The molecule has 0 amide bonds. The van der Waals surface area contributed by atoms with E-state index in [9.17, 15) is 4.57 Å². The molecule has 2 N–H and O–H groups in total. The number of rotatable bonds is 7. The Morgan fingerprint density at radius 1 is 1.14 bits per heavy atom. The van der Waals surface area contributed by atoms with Crippen molar-refractivity contribution in [2.24, 2.45) is 0 Å². The number of phosphoric ester groups is 1. The van der Waals surface area contributed by atoms with Gasteiger partial charge in [-0.05, 0) is 48.4 Å². The van der Waals surface area contributed by atoms with E-state index in [1.807, 2.05) is 19.9 Å². The van der Waals surface area contributed by atoms with Gasteiger partial charge in [-0.25, -0.2) is 4.57 Å². The second-order valence-electron chi connectivity index (χ2n) is 6.28. The molecule has 1 rings (SSSR count). The van der Waals surface area contributed by atoms with Gasteiger partial charge in [0.1, 0.15) is 5.75 Å². The monoisotopic (exact) mass is 314 g/mol. The van der Waals surface area contributed by atoms with Crippen molar-refractivity contribution < 1.29 is 18.9 Å². The minimum atomic E-state index is -4.51. The summed E-state index contributed by atoms with van der Waals surface area (Å²) in [5, 5.41) is 0. The van der Waals surface area contributed by atoms with Crippen molar-refractivity contribution in [3.63, 3.8) is 0 Å². The Bertz CT molecular complexity index is 531. The van der Waals surface area contributed by atoms with Gasteiger partial charge in [0.15, 0.2) is 0 Å². The van der Waals surface area contributed by atoms with E-state index in [-0.39, 0.29) is 11.2 Å². The topological polar surface area (TPSA) is 66.8 Å². The van der Waals surface area contributed by atoms with Gasteiger partial charge in [-0.3, -0.25) is 9.79 Å². The smallest absolute Gasteiger partial charge is 0.404 e. The van der Waals surface area contributed by atoms with Crippen LogP contribution < -0.4 is 4.52 Å². The Balaban J connectivity index is 3.06. The normalized spacial score (nSPS) is 12.5. The van der Waals surface area contributed by atoms with Gasteiger partial charge in [-0.2, -0.15) is 0 Å². The van der Waals surface area contributed by atoms with E-state index in [0.717, 1.165) is 17.5 Å². The summed E-state index contributed by atoms with van der Waals surface area (Å²) in [6, 6.07) is 3.59. The third-order valence-electron chi connectivity index (χ3n) is 4.09. The zero-order chi connectivity index (χ0) is 16.3. The van der Waals surface area contributed by atoms with E-state index in [4.69, 9.17) is 14.3 Å². The molecule has 0 radical (unpaired) electrons. The summed E-state index contributed by atoms with van der Waals surface area (Å²) in [5.74, 6) is 0.258. The van der Waals surface area contributed by atoms with Crippen molar-refractivity contribution in [1.82, 2.24) is 0 Å². The lowest BCUT2D eigenvalue weighted by Crippen LogP contribution is -2.19. The number of hydrogen-bond acceptors (Lipinski definition) is 2. The Hall–Kier alpha value is -0.830. The molecule has 120 valence electrons. The van der Waals surface area contributed by atoms with Crippen molar-refractivity contribution in [1.29, 1.82) is 0 Å². The number of phosphoric acid groups is 1. The Kier molecular flexibility index (Phi) is 6.03. The maximum absolute atomic E-state index is 11.0. The van der Waals surface area contributed by atoms with E-state index >= 15 is 0 Å². The molecule has 0 aliphatic carbocycles. The Labute approximate surface area is 127 Å². The molecule has 0 aliphatic rings. The van der Waals surface area contributed by atoms with Crippen LogP contribution >= 0.6 is 7.82 Å². The molecule has 0 aliphatic heterocycles. The first kappa shape index (κ1) is 18.2. The fraction of sp³-hybridized carbons (Fsp3) is 0.625. The first-order valence-corrected chi connectivity index (χ1v) is 8.97. The van der Waals surface area contributed by atoms with Gasteiger partial charge in [0.05, 0.1) is 0 Å². The molecule has 0 heterocycles. The quantitative estimate of drug-likeness (QED) is 0.568. The van der Waals surface area contributed by atoms with Crippen LogP contribution in [-0.4, -0.2) is 9.79 Å². The van der Waals surface area contributed by atoms with Crippen LogP contribution in [0.5, 0.6) is 5.75 Å². The lowest BCUT2D eigenvalue weighted by atomic mass is 9.77. The SMILES string of the molecule is CCCCCC(C)(C)c1ccc(OP(=O)(O)O)c(C)c1C. The molecule has 4 nitrogen and oxygen atoms in total. The molecule has 0 spiro atoms. The molecule has 1 aromatic carbocycles. The molecular formula is C16H27O4P. The minimum absolute atomic E-state index is 0.0463. The maximum Gasteiger partial charge on any atom is 0.524 e. The lowest BCUT2D eigenvalue weighted by molar-refractivity contribution is 0.282. The largest absolute Gasteiger partial charge is 0.524 e. The number of unbranched alkanes of at least 4 members (excludes halogenated alkanes) is 2. The minimum Gasteiger partial charge on any atom is -0.404 e. The second-order valence-corrected chi connectivity index (χ2v) is 7.45. The summed E-state index contributed by atoms with van der Waals surface area (Å²) in [7, 11) is -4.51. The standard InChI is InChI=1S/C16H27O4P/c1-6-7-8-11-16(4,5)14-9-10-15(13(3)12(14)2)20-21(17,18)19/h9-10H,6-8,11H2,1-5H3,(H2,17,18,19). The average Bonchev–Trinajstić information content (AvgIpc) is 2.33. The number of hydrogen-bond donors (Lipinski definition) is 2. The summed E-state index contributed by atoms with van der Waals surface area (Å²) < 4.78 is 15.7. The molecule has 1 aromatic rings. The Morgan fingerprint density at radius 2 is 1.76 bits per heavy atom. The summed E-state index contributed by atoms with van der Waals surface area (Å²) >= 11 is 0. The first-order valence-electron chi connectivity index (χ1n) is 7.44. The summed E-state index contributed by atoms with van der Waals surface area (Å²) in [6.07, 6.45) is 4.70. The van der Waals surface area contributed by atoms with Crippen molar-refractivity contribution in [2.45, 2.75) is 65.7 Å². The van der Waals surface area contributed by atoms with Crippen molar-refractivity contribution in [2.75, 3.05) is 0 Å². The number of benzene rings is 1. The van der Waals surface area contributed by atoms with Crippen LogP contribution in [-0.2, 0) is 9.98 Å². The third kappa shape index (κ3) is 5.14. The summed E-state index contributed by atoms with van der Waals surface area (Å²) in [5.41, 5.74) is 3.10. The van der Waals surface area contributed by atoms with Crippen molar-refractivity contribution in [3.05, 3.63) is 28.8 Å². The highest BCUT2D eigenvalue weighted by Gasteiger charge is 2.25. The average molecular weight is 314 g/mol. The van der Waals surface area contributed by atoms with Crippen LogP contribution in [0, 0.1) is 13.8 Å². The first-order chi connectivity index (χ1) is 9.58. The maximum atomic E-state index is 11.0. The van der Waals surface area contributed by atoms with E-state index in [1.165, 1.54) is 24.8 Å². The molecule has 0 bridgehead atoms. The fourth-order valence-corrected chi connectivity index (χ4v) is 3.16. The van der Waals surface area contributed by atoms with E-state index in [1.54, 1.807) is 6.07 Å². The highest BCUT2D eigenvalue weighted by molar-refractivity contribution is 7.46. The van der Waals surface area contributed by atoms with Crippen LogP contribution in [0.2, 0.25) is 0 Å². The highest BCUT2D eigenvalue weighted by Crippen LogP contribution is 2.42. The predicted molar refractivity (Wildman–Crippen MR) is 85.8 cm³/mol. The fourth-order valence-electron chi connectivity index (χ4n) is 2.71. The van der Waals surface area contributed by atoms with E-state index in [0.29, 0.717) is 0 Å². The Morgan fingerprint density at radius 3 is 2.29 bits per heavy atom. The van der Waals surface area contributed by atoms with Crippen LogP contribution in [0.3, 0.4) is 0 Å². The van der Waals surface area contributed by atoms with E-state index in [2.05, 4.69) is 20.8 Å². The van der Waals surface area contributed by atoms with Gasteiger partial charge in [-0.15, -0.1) is 0 Å². The van der Waals surface area contributed by atoms with Gasteiger partial charge >= 0.3 is 7.82 Å². The van der Waals surface area contributed by atoms with Crippen LogP contribution in [0.4, 0.5) is 0 Å². The van der Waals surface area contributed by atoms with Crippen molar-refractivity contribution >= 4 is 7.82 Å². The summed E-state index contributed by atoms with van der Waals surface area (Å²) in [6.45, 7) is 10.4. The zero-order valence-electron chi connectivity index (χ0n) is 13.6. The van der Waals surface area contributed by atoms with Gasteiger partial charge in [-0.1, -0.05) is 46.1 Å². The third-order valence-corrected chi connectivity index (χ3v) is 4.52. The molecular weight excluding hydrogens is 287 g/mol. The molecule has 0 aromatic heterocycles. The van der Waals surface area contributed by atoms with Gasteiger partial charge in [0.25, 0.3) is 0 Å². The molecule has 0 saturated heterocycles. The predicted octanol–water partition coefficient (Wildman–Crippen LogP) is 4.63. The van der Waals surface area contributed by atoms with Crippen LogP contribution in [0.1, 0.15) is 63.1 Å².